The van der Waals surface area contributed by atoms with Crippen LogP contribution in [0.1, 0.15) is 10.5 Å². The Labute approximate surface area is 152 Å². The second-order valence-electron chi connectivity index (χ2n) is 6.27. The minimum Gasteiger partial charge on any atom is -0.476 e. The maximum atomic E-state index is 14.6. The molecule has 0 amide bonds. The van der Waals surface area contributed by atoms with Crippen LogP contribution in [0.5, 0.6) is 0 Å². The van der Waals surface area contributed by atoms with E-state index >= 15 is 0 Å². The molecule has 140 valence electrons. The highest BCUT2D eigenvalue weighted by Gasteiger charge is 2.19. The van der Waals surface area contributed by atoms with Crippen molar-refractivity contribution in [3.63, 3.8) is 0 Å². The van der Waals surface area contributed by atoms with Crippen LogP contribution >= 0.6 is 0 Å². The van der Waals surface area contributed by atoms with Gasteiger partial charge in [-0.1, -0.05) is 0 Å². The molecule has 27 heavy (non-hydrogen) atoms. The molecule has 3 heterocycles. The molecule has 9 heteroatoms. The molecule has 0 saturated carbocycles. The summed E-state index contributed by atoms with van der Waals surface area (Å²) in [5.41, 5.74) is 0.109. The summed E-state index contributed by atoms with van der Waals surface area (Å²) in [7, 11) is 1.29. The van der Waals surface area contributed by atoms with Crippen molar-refractivity contribution in [2.24, 2.45) is 0 Å². The smallest absolute Gasteiger partial charge is 0.356 e. The Hall–Kier alpha value is -3.20. The predicted octanol–water partition coefficient (Wildman–Crippen LogP) is 0.855. The highest BCUT2D eigenvalue weighted by atomic mass is 19.1. The summed E-state index contributed by atoms with van der Waals surface area (Å²) in [6.07, 6.45) is 0. The first-order valence-corrected chi connectivity index (χ1v) is 8.43. The maximum Gasteiger partial charge on any atom is 0.356 e. The third-order valence-corrected chi connectivity index (χ3v) is 4.67. The molecule has 1 aromatic carbocycles. The number of nitrogens with one attached hydrogen (secondary N) is 1. The van der Waals surface area contributed by atoms with Crippen LogP contribution in [-0.2, 0) is 0 Å². The van der Waals surface area contributed by atoms with Gasteiger partial charge in [-0.3, -0.25) is 4.79 Å². The monoisotopic (exact) mass is 372 g/mol. The number of halogens is 1. The van der Waals surface area contributed by atoms with Crippen LogP contribution in [-0.4, -0.2) is 54.1 Å². The van der Waals surface area contributed by atoms with Gasteiger partial charge in [-0.15, -0.1) is 0 Å². The standard InChI is InChI=1S/C18H17FN4O4/c1-27-23-15(18(25)26)9-16(24)11-6-10-7-12(19)14(8-13(10)21-17(11)23)22-4-2-20-3-5-22/h6-9,20H,2-5H2,1H3,(H,25,26). The molecule has 0 atom stereocenters. The van der Waals surface area contributed by atoms with Crippen LogP contribution in [0.3, 0.4) is 0 Å². The topological polar surface area (TPSA) is 96.7 Å². The maximum absolute atomic E-state index is 14.6. The number of hydrogen-bond donors (Lipinski definition) is 2. The number of nitrogens with zero attached hydrogens (tertiary/aromatic N) is 3. The summed E-state index contributed by atoms with van der Waals surface area (Å²) in [6.45, 7) is 2.85. The van der Waals surface area contributed by atoms with E-state index in [2.05, 4.69) is 10.3 Å². The number of piperazine rings is 1. The van der Waals surface area contributed by atoms with E-state index in [1.54, 1.807) is 6.07 Å². The van der Waals surface area contributed by atoms with E-state index < -0.39 is 11.4 Å². The average molecular weight is 372 g/mol. The number of benzene rings is 1. The molecule has 1 fully saturated rings. The number of fused-ring (bicyclic) bond motifs is 2. The lowest BCUT2D eigenvalue weighted by molar-refractivity contribution is 0.0641. The highest BCUT2D eigenvalue weighted by molar-refractivity contribution is 5.95. The quantitative estimate of drug-likeness (QED) is 0.658. The number of pyridine rings is 2. The van der Waals surface area contributed by atoms with Crippen molar-refractivity contribution in [3.05, 3.63) is 46.0 Å². The Morgan fingerprint density at radius 2 is 2.00 bits per heavy atom. The van der Waals surface area contributed by atoms with Crippen molar-refractivity contribution in [3.8, 4) is 0 Å². The lowest BCUT2D eigenvalue weighted by Gasteiger charge is -2.29. The van der Waals surface area contributed by atoms with E-state index in [1.807, 2.05) is 4.90 Å². The largest absolute Gasteiger partial charge is 0.476 e. The first-order valence-electron chi connectivity index (χ1n) is 8.43. The fourth-order valence-electron chi connectivity index (χ4n) is 3.37. The van der Waals surface area contributed by atoms with E-state index in [4.69, 9.17) is 4.84 Å². The number of aromatic nitrogens is 2. The Morgan fingerprint density at radius 1 is 1.26 bits per heavy atom. The first kappa shape index (κ1) is 17.2. The first-order chi connectivity index (χ1) is 13.0. The molecule has 4 rings (SSSR count). The molecule has 1 saturated heterocycles. The second-order valence-corrected chi connectivity index (χ2v) is 6.27. The van der Waals surface area contributed by atoms with Gasteiger partial charge in [0.15, 0.2) is 16.8 Å². The fraction of sp³-hybridized carbons (Fsp3) is 0.278. The van der Waals surface area contributed by atoms with Gasteiger partial charge in [0.05, 0.1) is 16.6 Å². The molecule has 1 aliphatic rings. The van der Waals surface area contributed by atoms with Crippen LogP contribution in [0.25, 0.3) is 21.9 Å². The van der Waals surface area contributed by atoms with Crippen molar-refractivity contribution in [2.75, 3.05) is 38.2 Å². The highest BCUT2D eigenvalue weighted by Crippen LogP contribution is 2.27. The van der Waals surface area contributed by atoms with E-state index in [0.29, 0.717) is 29.7 Å². The molecule has 2 aromatic heterocycles. The SMILES string of the molecule is COn1c(C(=O)O)cc(=O)c2cc3cc(F)c(N4CCNCC4)cc3nc21. The Balaban J connectivity index is 1.99. The molecule has 0 aliphatic carbocycles. The molecule has 0 spiro atoms. The number of anilines is 1. The van der Waals surface area contributed by atoms with Crippen molar-refractivity contribution >= 4 is 33.6 Å². The van der Waals surface area contributed by atoms with Gasteiger partial charge in [-0.25, -0.2) is 14.2 Å². The van der Waals surface area contributed by atoms with Crippen LogP contribution < -0.4 is 20.5 Å². The molecule has 0 radical (unpaired) electrons. The van der Waals surface area contributed by atoms with Gasteiger partial charge in [0.1, 0.15) is 12.9 Å². The number of hydrogen-bond acceptors (Lipinski definition) is 6. The van der Waals surface area contributed by atoms with Gasteiger partial charge in [-0.2, -0.15) is 4.73 Å². The third kappa shape index (κ3) is 2.85. The Kier molecular flexibility index (Phi) is 4.15. The van der Waals surface area contributed by atoms with Gasteiger partial charge in [0.2, 0.25) is 0 Å². The van der Waals surface area contributed by atoms with Crippen LogP contribution in [0, 0.1) is 5.82 Å². The number of carboxylic acids is 1. The zero-order valence-corrected chi connectivity index (χ0v) is 14.5. The second kappa shape index (κ2) is 6.51. The molecule has 3 aromatic rings. The Morgan fingerprint density at radius 3 is 2.67 bits per heavy atom. The number of carbonyl (C=O) groups is 1. The van der Waals surface area contributed by atoms with Gasteiger partial charge < -0.3 is 20.2 Å². The fourth-order valence-corrected chi connectivity index (χ4v) is 3.37. The molecule has 0 unspecified atom stereocenters. The molecular formula is C18H17FN4O4. The summed E-state index contributed by atoms with van der Waals surface area (Å²) in [6, 6.07) is 5.44. The van der Waals surface area contributed by atoms with Crippen molar-refractivity contribution < 1.29 is 19.1 Å². The molecule has 2 N–H and O–H groups in total. The van der Waals surface area contributed by atoms with Crippen molar-refractivity contribution in [1.82, 2.24) is 15.0 Å². The van der Waals surface area contributed by atoms with Gasteiger partial charge in [0, 0.05) is 37.6 Å². The van der Waals surface area contributed by atoms with E-state index in [-0.39, 0.29) is 22.5 Å². The number of aromatic carboxylic acids is 1. The van der Waals surface area contributed by atoms with Gasteiger partial charge in [0.25, 0.3) is 0 Å². The summed E-state index contributed by atoms with van der Waals surface area (Å²) < 4.78 is 15.6. The molecular weight excluding hydrogens is 355 g/mol. The summed E-state index contributed by atoms with van der Waals surface area (Å²) in [5, 5.41) is 13.1. The molecule has 0 bridgehead atoms. The average Bonchev–Trinajstić information content (AvgIpc) is 2.67. The van der Waals surface area contributed by atoms with Crippen LogP contribution in [0.4, 0.5) is 10.1 Å². The number of carboxylic acid groups (broad SMARTS) is 1. The summed E-state index contributed by atoms with van der Waals surface area (Å²) in [5.74, 6) is -1.70. The predicted molar refractivity (Wildman–Crippen MR) is 98.0 cm³/mol. The summed E-state index contributed by atoms with van der Waals surface area (Å²) in [4.78, 5) is 35.2. The lowest BCUT2D eigenvalue weighted by atomic mass is 10.1. The van der Waals surface area contributed by atoms with Gasteiger partial charge in [-0.05, 0) is 18.2 Å². The minimum atomic E-state index is -1.31. The van der Waals surface area contributed by atoms with Crippen molar-refractivity contribution in [1.29, 1.82) is 0 Å². The summed E-state index contributed by atoms with van der Waals surface area (Å²) >= 11 is 0. The van der Waals surface area contributed by atoms with E-state index in [1.165, 1.54) is 19.2 Å². The number of rotatable bonds is 3. The normalized spacial score (nSPS) is 14.7. The van der Waals surface area contributed by atoms with E-state index in [0.717, 1.165) is 23.9 Å². The zero-order chi connectivity index (χ0) is 19.1. The minimum absolute atomic E-state index is 0.0766. The molecule has 8 nitrogen and oxygen atoms in total. The third-order valence-electron chi connectivity index (χ3n) is 4.67. The van der Waals surface area contributed by atoms with Crippen molar-refractivity contribution in [2.45, 2.75) is 0 Å². The van der Waals surface area contributed by atoms with Gasteiger partial charge >= 0.3 is 5.97 Å². The zero-order valence-electron chi connectivity index (χ0n) is 14.5. The molecule has 1 aliphatic heterocycles. The van der Waals surface area contributed by atoms with Crippen LogP contribution in [0.15, 0.2) is 29.1 Å². The lowest BCUT2D eigenvalue weighted by Crippen LogP contribution is -2.43. The Bertz CT molecular complexity index is 1120. The van der Waals surface area contributed by atoms with Crippen LogP contribution in [0.2, 0.25) is 0 Å². The van der Waals surface area contributed by atoms with E-state index in [9.17, 15) is 19.1 Å².